The zero-order chi connectivity index (χ0) is 26.4. The molecule has 3 amide bonds. The van der Waals surface area contributed by atoms with Crippen molar-refractivity contribution >= 4 is 35.5 Å². The number of aromatic hydroxyl groups is 1. The van der Waals surface area contributed by atoms with E-state index in [1.54, 1.807) is 12.1 Å². The number of thioether (sulfide) groups is 1. The van der Waals surface area contributed by atoms with Gasteiger partial charge in [0.25, 0.3) is 0 Å². The first-order chi connectivity index (χ1) is 16.6. The number of phenolic OH excluding ortho intramolecular Hbond substituents is 1. The van der Waals surface area contributed by atoms with Crippen molar-refractivity contribution in [2.24, 2.45) is 11.5 Å². The molecular weight excluding hydrogens is 474 g/mol. The van der Waals surface area contributed by atoms with Crippen molar-refractivity contribution in [2.75, 3.05) is 18.6 Å². The van der Waals surface area contributed by atoms with Gasteiger partial charge in [0.15, 0.2) is 0 Å². The number of amides is 3. The molecule has 9 N–H and O–H groups in total. The van der Waals surface area contributed by atoms with Gasteiger partial charge in [-0.3, -0.25) is 14.4 Å². The number of carbonyl (C=O) groups is 4. The summed E-state index contributed by atoms with van der Waals surface area (Å²) >= 11 is 1.50. The molecule has 0 radical (unpaired) electrons. The number of unbranched alkanes of at least 4 members (excludes halogenated alkanes) is 1. The maximum absolute atomic E-state index is 13.0. The lowest BCUT2D eigenvalue weighted by Crippen LogP contribution is -2.57. The van der Waals surface area contributed by atoms with Crippen molar-refractivity contribution in [1.29, 1.82) is 0 Å². The first-order valence-electron chi connectivity index (χ1n) is 11.4. The minimum atomic E-state index is -1.24. The van der Waals surface area contributed by atoms with E-state index in [1.165, 1.54) is 30.8 Å². The minimum Gasteiger partial charge on any atom is -0.508 e. The Morgan fingerprint density at radius 3 is 1.97 bits per heavy atom. The summed E-state index contributed by atoms with van der Waals surface area (Å²) in [6, 6.07) is 2.03. The van der Waals surface area contributed by atoms with Crippen LogP contribution in [0.4, 0.5) is 0 Å². The predicted octanol–water partition coefficient (Wildman–Crippen LogP) is -0.297. The number of hydrogen-bond donors (Lipinski definition) is 7. The largest absolute Gasteiger partial charge is 0.508 e. The van der Waals surface area contributed by atoms with Gasteiger partial charge in [-0.05, 0) is 68.9 Å². The van der Waals surface area contributed by atoms with E-state index in [4.69, 9.17) is 11.5 Å². The molecule has 0 aliphatic carbocycles. The number of carboxylic acids is 1. The van der Waals surface area contributed by atoms with E-state index in [9.17, 15) is 29.4 Å². The molecule has 196 valence electrons. The SMILES string of the molecule is CSCCC(NC(=O)C(C)N)C(=O)NC(CCCCN)C(=O)NC(Cc1ccc(O)cc1)C(=O)O. The number of benzene rings is 1. The number of hydrogen-bond acceptors (Lipinski definition) is 8. The molecule has 0 fully saturated rings. The van der Waals surface area contributed by atoms with E-state index in [-0.39, 0.29) is 18.6 Å². The van der Waals surface area contributed by atoms with E-state index < -0.39 is 47.9 Å². The molecule has 0 heterocycles. The lowest BCUT2D eigenvalue weighted by atomic mass is 10.0. The Balaban J connectivity index is 2.98. The number of phenols is 1. The molecule has 1 aromatic carbocycles. The maximum atomic E-state index is 13.0. The lowest BCUT2D eigenvalue weighted by Gasteiger charge is -2.25. The van der Waals surface area contributed by atoms with Crippen LogP contribution in [0.3, 0.4) is 0 Å². The molecule has 0 spiro atoms. The van der Waals surface area contributed by atoms with Crippen molar-refractivity contribution in [3.63, 3.8) is 0 Å². The molecule has 1 aromatic rings. The first kappa shape index (κ1) is 30.2. The second kappa shape index (κ2) is 16.0. The van der Waals surface area contributed by atoms with E-state index >= 15 is 0 Å². The van der Waals surface area contributed by atoms with E-state index in [1.807, 2.05) is 6.26 Å². The van der Waals surface area contributed by atoms with E-state index in [0.717, 1.165) is 0 Å². The van der Waals surface area contributed by atoms with Gasteiger partial charge in [-0.2, -0.15) is 11.8 Å². The van der Waals surface area contributed by atoms with Gasteiger partial charge in [0.05, 0.1) is 6.04 Å². The smallest absolute Gasteiger partial charge is 0.326 e. The second-order valence-electron chi connectivity index (χ2n) is 8.25. The summed E-state index contributed by atoms with van der Waals surface area (Å²) in [4.78, 5) is 49.9. The molecule has 0 bridgehead atoms. The van der Waals surface area contributed by atoms with Gasteiger partial charge >= 0.3 is 5.97 Å². The average molecular weight is 512 g/mol. The number of nitrogens with two attached hydrogens (primary N) is 2. The average Bonchev–Trinajstić information content (AvgIpc) is 2.81. The summed E-state index contributed by atoms with van der Waals surface area (Å²) in [5, 5.41) is 26.8. The molecule has 4 atom stereocenters. The third-order valence-electron chi connectivity index (χ3n) is 5.23. The zero-order valence-electron chi connectivity index (χ0n) is 20.2. The van der Waals surface area contributed by atoms with Crippen LogP contribution in [0.25, 0.3) is 0 Å². The van der Waals surface area contributed by atoms with Gasteiger partial charge in [0.1, 0.15) is 23.9 Å². The summed E-state index contributed by atoms with van der Waals surface area (Å²) in [7, 11) is 0. The summed E-state index contributed by atoms with van der Waals surface area (Å²) in [6.45, 7) is 1.91. The zero-order valence-corrected chi connectivity index (χ0v) is 21.0. The standard InChI is InChI=1S/C23H37N5O6S/c1-14(25)20(30)26-18(10-12-35-2)22(32)27-17(5-3-4-11-24)21(31)28-19(23(33)34)13-15-6-8-16(29)9-7-15/h6-9,14,17-19,29H,3-5,10-13,24-25H2,1-2H3,(H,26,30)(H,27,32)(H,28,31)(H,33,34). The molecule has 12 heteroatoms. The fraction of sp³-hybridized carbons (Fsp3) is 0.565. The van der Waals surface area contributed by atoms with Crippen molar-refractivity contribution < 1.29 is 29.4 Å². The Labute approximate surface area is 209 Å². The van der Waals surface area contributed by atoms with Crippen LogP contribution in [0.2, 0.25) is 0 Å². The Hall–Kier alpha value is -2.83. The number of carbonyl (C=O) groups excluding carboxylic acids is 3. The van der Waals surface area contributed by atoms with Gasteiger partial charge in [-0.25, -0.2) is 4.79 Å². The van der Waals surface area contributed by atoms with Gasteiger partial charge in [0, 0.05) is 6.42 Å². The van der Waals surface area contributed by atoms with Crippen LogP contribution in [-0.4, -0.2) is 76.6 Å². The van der Waals surface area contributed by atoms with Crippen LogP contribution in [-0.2, 0) is 25.6 Å². The number of rotatable bonds is 16. The molecule has 0 saturated heterocycles. The number of nitrogens with one attached hydrogen (secondary N) is 3. The molecule has 1 rings (SSSR count). The van der Waals surface area contributed by atoms with Gasteiger partial charge in [-0.15, -0.1) is 0 Å². The molecule has 11 nitrogen and oxygen atoms in total. The van der Waals surface area contributed by atoms with Crippen LogP contribution in [0.5, 0.6) is 5.75 Å². The molecule has 0 saturated carbocycles. The van der Waals surface area contributed by atoms with Crippen molar-refractivity contribution in [2.45, 2.75) is 63.2 Å². The second-order valence-corrected chi connectivity index (χ2v) is 9.23. The van der Waals surface area contributed by atoms with Crippen LogP contribution in [0.1, 0.15) is 38.2 Å². The van der Waals surface area contributed by atoms with Crippen LogP contribution >= 0.6 is 11.8 Å². The molecule has 4 unspecified atom stereocenters. The predicted molar refractivity (Wildman–Crippen MR) is 135 cm³/mol. The number of aliphatic carboxylic acids is 1. The molecular formula is C23H37N5O6S. The van der Waals surface area contributed by atoms with E-state index in [2.05, 4.69) is 16.0 Å². The molecule has 0 aliphatic rings. The Bertz CT molecular complexity index is 836. The van der Waals surface area contributed by atoms with Crippen molar-refractivity contribution in [3.8, 4) is 5.75 Å². The Kier molecular flexibility index (Phi) is 13.8. The summed E-state index contributed by atoms with van der Waals surface area (Å²) < 4.78 is 0. The number of carboxylic acid groups (broad SMARTS) is 1. The highest BCUT2D eigenvalue weighted by Crippen LogP contribution is 2.12. The van der Waals surface area contributed by atoms with E-state index in [0.29, 0.717) is 37.1 Å². The maximum Gasteiger partial charge on any atom is 0.326 e. The monoisotopic (exact) mass is 511 g/mol. The summed E-state index contributed by atoms with van der Waals surface area (Å²) in [6.07, 6.45) is 3.59. The van der Waals surface area contributed by atoms with Gasteiger partial charge in [-0.1, -0.05) is 12.1 Å². The van der Waals surface area contributed by atoms with Crippen LogP contribution < -0.4 is 27.4 Å². The fourth-order valence-corrected chi connectivity index (χ4v) is 3.65. The molecule has 0 aromatic heterocycles. The normalized spacial score (nSPS) is 14.3. The summed E-state index contributed by atoms with van der Waals surface area (Å²) in [5.41, 5.74) is 11.8. The third-order valence-corrected chi connectivity index (χ3v) is 5.87. The Morgan fingerprint density at radius 2 is 1.46 bits per heavy atom. The van der Waals surface area contributed by atoms with Gasteiger partial charge in [0.2, 0.25) is 17.7 Å². The quantitative estimate of drug-likeness (QED) is 0.146. The summed E-state index contributed by atoms with van der Waals surface area (Å²) in [5.74, 6) is -2.29. The van der Waals surface area contributed by atoms with Crippen LogP contribution in [0.15, 0.2) is 24.3 Å². The minimum absolute atomic E-state index is 0.00832. The highest BCUT2D eigenvalue weighted by atomic mass is 32.2. The fourth-order valence-electron chi connectivity index (χ4n) is 3.18. The van der Waals surface area contributed by atoms with Crippen molar-refractivity contribution in [3.05, 3.63) is 29.8 Å². The van der Waals surface area contributed by atoms with Crippen molar-refractivity contribution in [1.82, 2.24) is 16.0 Å². The highest BCUT2D eigenvalue weighted by Gasteiger charge is 2.29. The third kappa shape index (κ3) is 11.4. The topological polar surface area (TPSA) is 197 Å². The lowest BCUT2D eigenvalue weighted by molar-refractivity contribution is -0.142. The molecule has 35 heavy (non-hydrogen) atoms. The van der Waals surface area contributed by atoms with Crippen LogP contribution in [0, 0.1) is 0 Å². The Morgan fingerprint density at radius 1 is 0.914 bits per heavy atom. The molecule has 0 aliphatic heterocycles. The first-order valence-corrected chi connectivity index (χ1v) is 12.8. The highest BCUT2D eigenvalue weighted by molar-refractivity contribution is 7.98. The van der Waals surface area contributed by atoms with Gasteiger partial charge < -0.3 is 37.6 Å².